The van der Waals surface area contributed by atoms with Crippen molar-refractivity contribution >= 4 is 22.5 Å². The van der Waals surface area contributed by atoms with Crippen molar-refractivity contribution in [2.45, 2.75) is 47.2 Å². The van der Waals surface area contributed by atoms with Crippen LogP contribution in [0.25, 0.3) is 22.2 Å². The average Bonchev–Trinajstić information content (AvgIpc) is 2.72. The average molecular weight is 453 g/mol. The third-order valence-corrected chi connectivity index (χ3v) is 4.86. The van der Waals surface area contributed by atoms with Crippen LogP contribution in [-0.2, 0) is 6.18 Å². The summed E-state index contributed by atoms with van der Waals surface area (Å²) < 4.78 is 44.7. The van der Waals surface area contributed by atoms with Crippen LogP contribution in [0.3, 0.4) is 0 Å². The summed E-state index contributed by atoms with van der Waals surface area (Å²) in [6.07, 6.45) is -0.354. The molecule has 3 nitrogen and oxygen atoms in total. The van der Waals surface area contributed by atoms with Gasteiger partial charge in [-0.2, -0.15) is 13.2 Å². The molecule has 0 amide bonds. The van der Waals surface area contributed by atoms with Gasteiger partial charge in [0, 0.05) is 17.1 Å². The molecule has 0 saturated heterocycles. The molecule has 0 N–H and O–H groups in total. The molecular weight excluding hydrogens is 425 g/mol. The van der Waals surface area contributed by atoms with E-state index in [2.05, 4.69) is 30.7 Å². The van der Waals surface area contributed by atoms with E-state index < -0.39 is 11.7 Å². The van der Waals surface area contributed by atoms with Crippen molar-refractivity contribution in [2.24, 2.45) is 11.8 Å². The maximum Gasteiger partial charge on any atom is 0.416 e. The predicted molar refractivity (Wildman–Crippen MR) is 120 cm³/mol. The van der Waals surface area contributed by atoms with Gasteiger partial charge in [-0.05, 0) is 42.5 Å². The minimum absolute atomic E-state index is 0.248. The highest BCUT2D eigenvalue weighted by Crippen LogP contribution is 2.35. The number of fused-ring (bicyclic) bond motifs is 1. The Morgan fingerprint density at radius 2 is 1.74 bits per heavy atom. The second kappa shape index (κ2) is 10.8. The van der Waals surface area contributed by atoms with Gasteiger partial charge >= 0.3 is 6.18 Å². The summed E-state index contributed by atoms with van der Waals surface area (Å²) in [4.78, 5) is 8.48. The van der Waals surface area contributed by atoms with E-state index in [1.807, 2.05) is 13.8 Å². The molecule has 1 unspecified atom stereocenters. The van der Waals surface area contributed by atoms with Crippen molar-refractivity contribution in [2.75, 3.05) is 6.61 Å². The third kappa shape index (κ3) is 6.57. The number of benzene rings is 1. The van der Waals surface area contributed by atoms with Gasteiger partial charge in [0.05, 0.1) is 34.6 Å². The lowest BCUT2D eigenvalue weighted by Gasteiger charge is -2.16. The van der Waals surface area contributed by atoms with Crippen molar-refractivity contribution in [1.82, 2.24) is 9.97 Å². The number of alkyl halides is 3. The molecule has 0 radical (unpaired) electrons. The molecule has 3 rings (SSSR count). The second-order valence-electron chi connectivity index (χ2n) is 7.63. The fourth-order valence-electron chi connectivity index (χ4n) is 3.32. The van der Waals surface area contributed by atoms with E-state index in [9.17, 15) is 13.2 Å². The molecule has 31 heavy (non-hydrogen) atoms. The number of hydrogen-bond acceptors (Lipinski definition) is 3. The first kappa shape index (κ1) is 24.9. The summed E-state index contributed by atoms with van der Waals surface area (Å²) >= 11 is 6.38. The maximum absolute atomic E-state index is 13.0. The van der Waals surface area contributed by atoms with Crippen LogP contribution in [0.1, 0.15) is 46.6 Å². The SMILES string of the molecule is CC.CC(C)CC(C)COc1cnc(-c2ccnc3cc(C(F)(F)F)ccc23)cc1Cl. The Morgan fingerprint density at radius 3 is 2.35 bits per heavy atom. The second-order valence-corrected chi connectivity index (χ2v) is 8.04. The summed E-state index contributed by atoms with van der Waals surface area (Å²) in [6, 6.07) is 6.86. The van der Waals surface area contributed by atoms with Crippen LogP contribution in [0, 0.1) is 11.8 Å². The largest absolute Gasteiger partial charge is 0.490 e. The van der Waals surface area contributed by atoms with Gasteiger partial charge in [-0.25, -0.2) is 0 Å². The quantitative estimate of drug-likeness (QED) is 0.379. The minimum atomic E-state index is -4.42. The predicted octanol–water partition coefficient (Wildman–Crippen LogP) is 8.06. The minimum Gasteiger partial charge on any atom is -0.490 e. The molecule has 0 aliphatic heterocycles. The molecule has 0 bridgehead atoms. The van der Waals surface area contributed by atoms with E-state index in [-0.39, 0.29) is 5.52 Å². The molecule has 1 aromatic carbocycles. The number of ether oxygens (including phenoxy) is 1. The fourth-order valence-corrected chi connectivity index (χ4v) is 3.53. The van der Waals surface area contributed by atoms with Crippen LogP contribution in [0.15, 0.2) is 42.7 Å². The van der Waals surface area contributed by atoms with Gasteiger partial charge < -0.3 is 4.74 Å². The highest BCUT2D eigenvalue weighted by molar-refractivity contribution is 6.32. The molecule has 0 aliphatic rings. The van der Waals surface area contributed by atoms with Crippen LogP contribution in [-0.4, -0.2) is 16.6 Å². The Kier molecular flexibility index (Phi) is 8.69. The van der Waals surface area contributed by atoms with Gasteiger partial charge in [0.1, 0.15) is 0 Å². The lowest BCUT2D eigenvalue weighted by molar-refractivity contribution is -0.137. The molecule has 2 aromatic heterocycles. The Bertz CT molecular complexity index is 1010. The zero-order valence-electron chi connectivity index (χ0n) is 18.4. The zero-order chi connectivity index (χ0) is 23.2. The standard InChI is InChI=1S/C22H22ClF3N2O.C2H6/c1-13(2)8-14(3)12-29-21-11-28-20(10-18(21)23)17-6-7-27-19-9-15(22(24,25)26)4-5-16(17)19;1-2/h4-7,9-11,13-14H,8,12H2,1-3H3;1-2H3. The Balaban J connectivity index is 0.00000166. The van der Waals surface area contributed by atoms with Crippen molar-refractivity contribution in [3.63, 3.8) is 0 Å². The first-order valence-corrected chi connectivity index (χ1v) is 10.8. The van der Waals surface area contributed by atoms with Crippen LogP contribution in [0.5, 0.6) is 5.75 Å². The lowest BCUT2D eigenvalue weighted by Crippen LogP contribution is -2.11. The van der Waals surface area contributed by atoms with E-state index in [1.54, 1.807) is 18.3 Å². The fraction of sp³-hybridized carbons (Fsp3) is 0.417. The smallest absolute Gasteiger partial charge is 0.416 e. The molecule has 0 saturated carbocycles. The Morgan fingerprint density at radius 1 is 1.03 bits per heavy atom. The summed E-state index contributed by atoms with van der Waals surface area (Å²) in [5.41, 5.74) is 0.716. The first-order chi connectivity index (χ1) is 14.6. The van der Waals surface area contributed by atoms with Crippen molar-refractivity contribution in [3.8, 4) is 17.0 Å². The molecule has 0 fully saturated rings. The van der Waals surface area contributed by atoms with Crippen molar-refractivity contribution in [3.05, 3.63) is 53.3 Å². The van der Waals surface area contributed by atoms with Gasteiger partial charge in [-0.1, -0.05) is 52.3 Å². The van der Waals surface area contributed by atoms with Crippen LogP contribution < -0.4 is 4.74 Å². The highest BCUT2D eigenvalue weighted by Gasteiger charge is 2.30. The topological polar surface area (TPSA) is 35.0 Å². The van der Waals surface area contributed by atoms with E-state index in [4.69, 9.17) is 16.3 Å². The van der Waals surface area contributed by atoms with Crippen LogP contribution >= 0.6 is 11.6 Å². The van der Waals surface area contributed by atoms with Gasteiger partial charge in [-0.3, -0.25) is 9.97 Å². The zero-order valence-corrected chi connectivity index (χ0v) is 19.2. The molecule has 0 spiro atoms. The Labute approximate surface area is 186 Å². The van der Waals surface area contributed by atoms with Crippen molar-refractivity contribution in [1.29, 1.82) is 0 Å². The maximum atomic E-state index is 13.0. The monoisotopic (exact) mass is 452 g/mol. The van der Waals surface area contributed by atoms with Crippen LogP contribution in [0.2, 0.25) is 5.02 Å². The number of aromatic nitrogens is 2. The number of halogens is 4. The number of nitrogens with zero attached hydrogens (tertiary/aromatic N) is 2. The summed E-state index contributed by atoms with van der Waals surface area (Å²) in [7, 11) is 0. The van der Waals surface area contributed by atoms with Crippen molar-refractivity contribution < 1.29 is 17.9 Å². The summed E-state index contributed by atoms with van der Waals surface area (Å²) in [5.74, 6) is 1.46. The molecule has 2 heterocycles. The van der Waals surface area contributed by atoms with E-state index in [1.165, 1.54) is 12.3 Å². The summed E-state index contributed by atoms with van der Waals surface area (Å²) in [5, 5.41) is 0.979. The number of pyridine rings is 2. The normalized spacial score (nSPS) is 12.5. The van der Waals surface area contributed by atoms with E-state index in [0.717, 1.165) is 18.6 Å². The first-order valence-electron chi connectivity index (χ1n) is 10.4. The number of rotatable bonds is 6. The lowest BCUT2D eigenvalue weighted by atomic mass is 10.00. The molecule has 3 aromatic rings. The highest BCUT2D eigenvalue weighted by atomic mass is 35.5. The number of hydrogen-bond donors (Lipinski definition) is 0. The van der Waals surface area contributed by atoms with Gasteiger partial charge in [0.2, 0.25) is 0 Å². The molecule has 168 valence electrons. The van der Waals surface area contributed by atoms with Crippen LogP contribution in [0.4, 0.5) is 13.2 Å². The van der Waals surface area contributed by atoms with E-state index in [0.29, 0.717) is 45.9 Å². The molecule has 7 heteroatoms. The van der Waals surface area contributed by atoms with Gasteiger partial charge in [0.15, 0.2) is 5.75 Å². The summed E-state index contributed by atoms with van der Waals surface area (Å²) in [6.45, 7) is 11.0. The molecular formula is C24H28ClF3N2O. The van der Waals surface area contributed by atoms with Gasteiger partial charge in [-0.15, -0.1) is 0 Å². The van der Waals surface area contributed by atoms with Gasteiger partial charge in [0.25, 0.3) is 0 Å². The molecule has 0 aliphatic carbocycles. The third-order valence-electron chi connectivity index (χ3n) is 4.56. The molecule has 1 atom stereocenters. The Hall–Kier alpha value is -2.34. The van der Waals surface area contributed by atoms with E-state index >= 15 is 0 Å².